The third-order valence-corrected chi connectivity index (χ3v) is 3.74. The molecule has 0 aliphatic heterocycles. The van der Waals surface area contributed by atoms with Crippen molar-refractivity contribution in [2.75, 3.05) is 0 Å². The van der Waals surface area contributed by atoms with E-state index in [1.54, 1.807) is 18.2 Å². The number of aldehydes is 1. The van der Waals surface area contributed by atoms with Gasteiger partial charge in [0.15, 0.2) is 6.29 Å². The Kier molecular flexibility index (Phi) is 4.80. The highest BCUT2D eigenvalue weighted by atomic mass is 35.5. The molecule has 0 aromatic heterocycles. The Balaban J connectivity index is 2.40. The second-order valence-corrected chi connectivity index (χ2v) is 5.13. The molecule has 1 unspecified atom stereocenters. The maximum Gasteiger partial charge on any atom is 0.155 e. The van der Waals surface area contributed by atoms with Crippen LogP contribution in [-0.4, -0.2) is 6.29 Å². The molecule has 0 radical (unpaired) electrons. The zero-order valence-electron chi connectivity index (χ0n) is 11.6. The average Bonchev–Trinajstić information content (AvgIpc) is 2.47. The van der Waals surface area contributed by atoms with E-state index in [0.717, 1.165) is 24.0 Å². The van der Waals surface area contributed by atoms with Crippen molar-refractivity contribution >= 4 is 17.9 Å². The van der Waals surface area contributed by atoms with Crippen molar-refractivity contribution in [2.45, 2.75) is 26.2 Å². The Hall–Kier alpha value is -1.80. The number of para-hydroxylation sites is 1. The van der Waals surface area contributed by atoms with Crippen molar-refractivity contribution < 1.29 is 9.53 Å². The van der Waals surface area contributed by atoms with Crippen molar-refractivity contribution in [1.82, 2.24) is 0 Å². The molecule has 0 aliphatic rings. The molecule has 3 heteroatoms. The molecule has 0 aliphatic carbocycles. The minimum Gasteiger partial charge on any atom is -0.456 e. The first-order valence-electron chi connectivity index (χ1n) is 6.67. The lowest BCUT2D eigenvalue weighted by Crippen LogP contribution is -1.98. The normalized spacial score (nSPS) is 11.9. The van der Waals surface area contributed by atoms with Crippen LogP contribution in [0.4, 0.5) is 0 Å². The predicted molar refractivity (Wildman–Crippen MR) is 82.1 cm³/mol. The lowest BCUT2D eigenvalue weighted by Gasteiger charge is -2.16. The summed E-state index contributed by atoms with van der Waals surface area (Å²) >= 11 is 6.01. The molecule has 0 spiro atoms. The third kappa shape index (κ3) is 3.02. The van der Waals surface area contributed by atoms with Gasteiger partial charge in [0.1, 0.15) is 11.5 Å². The molecule has 0 saturated heterocycles. The number of ether oxygens (including phenoxy) is 1. The lowest BCUT2D eigenvalue weighted by atomic mass is 9.98. The topological polar surface area (TPSA) is 26.3 Å². The summed E-state index contributed by atoms with van der Waals surface area (Å²) in [6, 6.07) is 13.1. The SMILES string of the molecule is CCC(C)c1ccccc1Oc1cccc(Cl)c1C=O. The van der Waals surface area contributed by atoms with E-state index in [9.17, 15) is 4.79 Å². The molecular formula is C17H17ClO2. The van der Waals surface area contributed by atoms with Crippen LogP contribution in [-0.2, 0) is 0 Å². The second kappa shape index (κ2) is 6.58. The van der Waals surface area contributed by atoms with Crippen LogP contribution in [0.1, 0.15) is 42.1 Å². The zero-order chi connectivity index (χ0) is 14.5. The monoisotopic (exact) mass is 288 g/mol. The zero-order valence-corrected chi connectivity index (χ0v) is 12.4. The predicted octanol–water partition coefficient (Wildman–Crippen LogP) is 5.46. The van der Waals surface area contributed by atoms with Crippen molar-refractivity contribution in [1.29, 1.82) is 0 Å². The first kappa shape index (κ1) is 14.6. The van der Waals surface area contributed by atoms with E-state index in [4.69, 9.17) is 16.3 Å². The molecule has 20 heavy (non-hydrogen) atoms. The van der Waals surface area contributed by atoms with E-state index < -0.39 is 0 Å². The number of carbonyl (C=O) groups is 1. The van der Waals surface area contributed by atoms with Gasteiger partial charge >= 0.3 is 0 Å². The Morgan fingerprint density at radius 2 is 1.85 bits per heavy atom. The minimum absolute atomic E-state index is 0.383. The molecule has 0 amide bonds. The first-order chi connectivity index (χ1) is 9.67. The van der Waals surface area contributed by atoms with E-state index in [1.165, 1.54) is 0 Å². The van der Waals surface area contributed by atoms with Gasteiger partial charge in [0.05, 0.1) is 10.6 Å². The summed E-state index contributed by atoms with van der Waals surface area (Å²) in [5.41, 5.74) is 1.51. The second-order valence-electron chi connectivity index (χ2n) is 4.72. The molecule has 0 heterocycles. The summed E-state index contributed by atoms with van der Waals surface area (Å²) in [7, 11) is 0. The molecule has 0 saturated carbocycles. The molecule has 0 N–H and O–H groups in total. The van der Waals surface area contributed by atoms with Crippen LogP contribution in [0.2, 0.25) is 5.02 Å². The molecule has 104 valence electrons. The number of hydrogen-bond donors (Lipinski definition) is 0. The van der Waals surface area contributed by atoms with Gasteiger partial charge in [-0.3, -0.25) is 4.79 Å². The van der Waals surface area contributed by atoms with Gasteiger partial charge in [-0.05, 0) is 36.1 Å². The van der Waals surface area contributed by atoms with Gasteiger partial charge in [0, 0.05) is 0 Å². The number of carbonyl (C=O) groups excluding carboxylic acids is 1. The van der Waals surface area contributed by atoms with Gasteiger partial charge in [-0.25, -0.2) is 0 Å². The maximum atomic E-state index is 11.1. The van der Waals surface area contributed by atoms with Gasteiger partial charge < -0.3 is 4.74 Å². The molecule has 2 rings (SSSR count). The van der Waals surface area contributed by atoms with E-state index in [-0.39, 0.29) is 0 Å². The van der Waals surface area contributed by atoms with Gasteiger partial charge in [0.25, 0.3) is 0 Å². The van der Waals surface area contributed by atoms with Crippen molar-refractivity contribution in [2.24, 2.45) is 0 Å². The van der Waals surface area contributed by atoms with Crippen LogP contribution < -0.4 is 4.74 Å². The number of halogens is 1. The molecular weight excluding hydrogens is 272 g/mol. The summed E-state index contributed by atoms with van der Waals surface area (Å²) < 4.78 is 5.92. The summed E-state index contributed by atoms with van der Waals surface area (Å²) in [5.74, 6) is 1.65. The Morgan fingerprint density at radius 1 is 1.15 bits per heavy atom. The van der Waals surface area contributed by atoms with E-state index in [1.807, 2.05) is 18.2 Å². The average molecular weight is 289 g/mol. The Bertz CT molecular complexity index is 608. The van der Waals surface area contributed by atoms with Gasteiger partial charge in [-0.15, -0.1) is 0 Å². The van der Waals surface area contributed by atoms with Crippen LogP contribution in [0.3, 0.4) is 0 Å². The van der Waals surface area contributed by atoms with Crippen LogP contribution in [0.15, 0.2) is 42.5 Å². The Morgan fingerprint density at radius 3 is 2.55 bits per heavy atom. The molecule has 0 fully saturated rings. The maximum absolute atomic E-state index is 11.1. The first-order valence-corrected chi connectivity index (χ1v) is 7.05. The largest absolute Gasteiger partial charge is 0.456 e. The lowest BCUT2D eigenvalue weighted by molar-refractivity contribution is 0.112. The summed E-state index contributed by atoms with van der Waals surface area (Å²) in [6.07, 6.45) is 1.75. The highest BCUT2D eigenvalue weighted by Crippen LogP contribution is 2.34. The highest BCUT2D eigenvalue weighted by Gasteiger charge is 2.13. The van der Waals surface area contributed by atoms with E-state index in [0.29, 0.717) is 22.3 Å². The summed E-state index contributed by atoms with van der Waals surface area (Å²) in [4.78, 5) is 11.1. The minimum atomic E-state index is 0.383. The van der Waals surface area contributed by atoms with Crippen molar-refractivity contribution in [3.8, 4) is 11.5 Å². The number of rotatable bonds is 5. The van der Waals surface area contributed by atoms with Crippen molar-refractivity contribution in [3.05, 3.63) is 58.6 Å². The smallest absolute Gasteiger partial charge is 0.155 e. The fourth-order valence-electron chi connectivity index (χ4n) is 2.04. The third-order valence-electron chi connectivity index (χ3n) is 3.41. The fraction of sp³-hybridized carbons (Fsp3) is 0.235. The van der Waals surface area contributed by atoms with E-state index >= 15 is 0 Å². The van der Waals surface area contributed by atoms with Gasteiger partial charge in [0.2, 0.25) is 0 Å². The molecule has 2 aromatic carbocycles. The number of hydrogen-bond acceptors (Lipinski definition) is 2. The quantitative estimate of drug-likeness (QED) is 0.683. The molecule has 2 aromatic rings. The standard InChI is InChI=1S/C17H17ClO2/c1-3-12(2)13-7-4-5-9-16(13)20-17-10-6-8-15(18)14(17)11-19/h4-12H,3H2,1-2H3. The summed E-state index contributed by atoms with van der Waals surface area (Å²) in [5, 5.41) is 0.401. The van der Waals surface area contributed by atoms with Crippen LogP contribution >= 0.6 is 11.6 Å². The van der Waals surface area contributed by atoms with Gasteiger partial charge in [-0.2, -0.15) is 0 Å². The highest BCUT2D eigenvalue weighted by molar-refractivity contribution is 6.33. The van der Waals surface area contributed by atoms with Crippen LogP contribution in [0.5, 0.6) is 11.5 Å². The van der Waals surface area contributed by atoms with Crippen molar-refractivity contribution in [3.63, 3.8) is 0 Å². The molecule has 2 nitrogen and oxygen atoms in total. The van der Waals surface area contributed by atoms with Gasteiger partial charge in [-0.1, -0.05) is 49.7 Å². The number of benzene rings is 2. The summed E-state index contributed by atoms with van der Waals surface area (Å²) in [6.45, 7) is 4.29. The molecule has 0 bridgehead atoms. The molecule has 1 atom stereocenters. The fourth-order valence-corrected chi connectivity index (χ4v) is 2.25. The Labute approximate surface area is 124 Å². The van der Waals surface area contributed by atoms with E-state index in [2.05, 4.69) is 19.9 Å². The van der Waals surface area contributed by atoms with Crippen LogP contribution in [0.25, 0.3) is 0 Å². The van der Waals surface area contributed by atoms with Crippen LogP contribution in [0, 0.1) is 0 Å².